The molecule has 0 saturated carbocycles. The highest BCUT2D eigenvalue weighted by Gasteiger charge is 2.17. The van der Waals surface area contributed by atoms with E-state index in [0.29, 0.717) is 6.04 Å². The maximum absolute atomic E-state index is 8.99. The zero-order valence-corrected chi connectivity index (χ0v) is 13.4. The number of anilines is 1. The lowest BCUT2D eigenvalue weighted by atomic mass is 10.0. The normalized spacial score (nSPS) is 18.0. The summed E-state index contributed by atoms with van der Waals surface area (Å²) in [5, 5.41) is 12.5. The maximum atomic E-state index is 8.99. The summed E-state index contributed by atoms with van der Waals surface area (Å²) < 4.78 is 0. The molecule has 1 aromatic carbocycles. The summed E-state index contributed by atoms with van der Waals surface area (Å²) in [5.74, 6) is 0. The number of hydrogen-bond acceptors (Lipinski definition) is 4. The number of rotatable bonds is 7. The molecule has 1 unspecified atom stereocenters. The molecule has 0 amide bonds. The molecule has 4 nitrogen and oxygen atoms in total. The zero-order chi connectivity index (χ0) is 15.1. The number of nitrogens with zero attached hydrogens (tertiary/aromatic N) is 2. The van der Waals surface area contributed by atoms with Crippen molar-refractivity contribution in [3.63, 3.8) is 0 Å². The van der Waals surface area contributed by atoms with Crippen molar-refractivity contribution in [2.45, 2.75) is 26.3 Å². The molecule has 0 aromatic heterocycles. The van der Waals surface area contributed by atoms with Crippen molar-refractivity contribution in [3.8, 4) is 0 Å². The summed E-state index contributed by atoms with van der Waals surface area (Å²) in [6.45, 7) is 10.6. The van der Waals surface area contributed by atoms with Crippen molar-refractivity contribution >= 4 is 5.69 Å². The third-order valence-corrected chi connectivity index (χ3v) is 4.31. The van der Waals surface area contributed by atoms with Crippen LogP contribution in [0.5, 0.6) is 0 Å². The van der Waals surface area contributed by atoms with Gasteiger partial charge in [0, 0.05) is 44.5 Å². The fourth-order valence-corrected chi connectivity index (χ4v) is 3.03. The molecule has 1 heterocycles. The SMILES string of the molecule is CCNC(CC)c1ccc(N2CCN(CCO)CC2)cc1. The summed E-state index contributed by atoms with van der Waals surface area (Å²) in [6, 6.07) is 9.47. The van der Waals surface area contributed by atoms with Crippen molar-refractivity contribution in [1.29, 1.82) is 0 Å². The van der Waals surface area contributed by atoms with E-state index in [9.17, 15) is 0 Å². The molecule has 2 rings (SSSR count). The molecule has 4 heteroatoms. The van der Waals surface area contributed by atoms with Gasteiger partial charge in [-0.2, -0.15) is 0 Å². The summed E-state index contributed by atoms with van der Waals surface area (Å²) in [4.78, 5) is 4.76. The van der Waals surface area contributed by atoms with Gasteiger partial charge in [0.15, 0.2) is 0 Å². The largest absolute Gasteiger partial charge is 0.395 e. The van der Waals surface area contributed by atoms with Crippen molar-refractivity contribution in [1.82, 2.24) is 10.2 Å². The second-order valence-corrected chi connectivity index (χ2v) is 5.66. The highest BCUT2D eigenvalue weighted by atomic mass is 16.3. The van der Waals surface area contributed by atoms with Crippen LogP contribution in [0.3, 0.4) is 0 Å². The van der Waals surface area contributed by atoms with Gasteiger partial charge in [-0.15, -0.1) is 0 Å². The van der Waals surface area contributed by atoms with Gasteiger partial charge in [-0.05, 0) is 30.7 Å². The van der Waals surface area contributed by atoms with Gasteiger partial charge in [0.2, 0.25) is 0 Å². The Balaban J connectivity index is 1.93. The lowest BCUT2D eigenvalue weighted by Crippen LogP contribution is -2.47. The minimum atomic E-state index is 0.261. The van der Waals surface area contributed by atoms with Crippen LogP contribution in [0.4, 0.5) is 5.69 Å². The zero-order valence-electron chi connectivity index (χ0n) is 13.4. The molecular formula is C17H29N3O. The van der Waals surface area contributed by atoms with Gasteiger partial charge in [-0.3, -0.25) is 4.90 Å². The maximum Gasteiger partial charge on any atom is 0.0558 e. The predicted molar refractivity (Wildman–Crippen MR) is 88.9 cm³/mol. The van der Waals surface area contributed by atoms with E-state index in [0.717, 1.165) is 45.7 Å². The fraction of sp³-hybridized carbons (Fsp3) is 0.647. The average molecular weight is 291 g/mol. The van der Waals surface area contributed by atoms with Crippen LogP contribution in [0, 0.1) is 0 Å². The van der Waals surface area contributed by atoms with Crippen LogP contribution in [0.15, 0.2) is 24.3 Å². The first-order chi connectivity index (χ1) is 10.3. The van der Waals surface area contributed by atoms with Gasteiger partial charge in [-0.25, -0.2) is 0 Å². The Kier molecular flexibility index (Phi) is 6.49. The molecule has 0 spiro atoms. The molecule has 0 bridgehead atoms. The lowest BCUT2D eigenvalue weighted by Gasteiger charge is -2.36. The number of aliphatic hydroxyl groups excluding tert-OH is 1. The Bertz CT molecular complexity index is 399. The topological polar surface area (TPSA) is 38.7 Å². The first kappa shape index (κ1) is 16.3. The molecule has 1 aliphatic heterocycles. The van der Waals surface area contributed by atoms with Crippen LogP contribution in [-0.2, 0) is 0 Å². The van der Waals surface area contributed by atoms with Crippen LogP contribution in [0.25, 0.3) is 0 Å². The van der Waals surface area contributed by atoms with Crippen LogP contribution in [-0.4, -0.2) is 55.9 Å². The third-order valence-electron chi connectivity index (χ3n) is 4.31. The summed E-state index contributed by atoms with van der Waals surface area (Å²) in [6.07, 6.45) is 1.12. The summed E-state index contributed by atoms with van der Waals surface area (Å²) >= 11 is 0. The average Bonchev–Trinajstić information content (AvgIpc) is 2.54. The van der Waals surface area contributed by atoms with Gasteiger partial charge in [0.1, 0.15) is 0 Å². The minimum Gasteiger partial charge on any atom is -0.395 e. The van der Waals surface area contributed by atoms with Gasteiger partial charge >= 0.3 is 0 Å². The van der Waals surface area contributed by atoms with Gasteiger partial charge in [0.25, 0.3) is 0 Å². The van der Waals surface area contributed by atoms with Crippen molar-refractivity contribution in [2.75, 3.05) is 50.8 Å². The van der Waals surface area contributed by atoms with E-state index in [1.54, 1.807) is 0 Å². The number of nitrogens with one attached hydrogen (secondary N) is 1. The number of hydrogen-bond donors (Lipinski definition) is 2. The second kappa shape index (κ2) is 8.37. The Labute approximate surface area is 128 Å². The molecule has 118 valence electrons. The molecule has 21 heavy (non-hydrogen) atoms. The van der Waals surface area contributed by atoms with Gasteiger partial charge < -0.3 is 15.3 Å². The Hall–Kier alpha value is -1.10. The molecule has 1 aliphatic rings. The van der Waals surface area contributed by atoms with E-state index >= 15 is 0 Å². The first-order valence-electron chi connectivity index (χ1n) is 8.20. The number of benzene rings is 1. The quantitative estimate of drug-likeness (QED) is 0.804. The van der Waals surface area contributed by atoms with Gasteiger partial charge in [0.05, 0.1) is 6.61 Å². The van der Waals surface area contributed by atoms with E-state index < -0.39 is 0 Å². The molecule has 0 radical (unpaired) electrons. The lowest BCUT2D eigenvalue weighted by molar-refractivity contribution is 0.189. The second-order valence-electron chi connectivity index (χ2n) is 5.66. The molecule has 0 aliphatic carbocycles. The number of β-amino-alcohol motifs (C(OH)–C–C–N with tert-alkyl or cyclic N) is 1. The Morgan fingerprint density at radius 2 is 1.76 bits per heavy atom. The molecule has 1 atom stereocenters. The van der Waals surface area contributed by atoms with Gasteiger partial charge in [-0.1, -0.05) is 26.0 Å². The molecular weight excluding hydrogens is 262 g/mol. The van der Waals surface area contributed by atoms with Crippen LogP contribution in [0.1, 0.15) is 31.9 Å². The molecule has 1 aromatic rings. The Morgan fingerprint density at radius 3 is 2.29 bits per heavy atom. The van der Waals surface area contributed by atoms with E-state index in [-0.39, 0.29) is 6.61 Å². The van der Waals surface area contributed by atoms with Crippen molar-refractivity contribution < 1.29 is 5.11 Å². The van der Waals surface area contributed by atoms with E-state index in [2.05, 4.69) is 53.2 Å². The van der Waals surface area contributed by atoms with E-state index in [1.807, 2.05) is 0 Å². The number of aliphatic hydroxyl groups is 1. The minimum absolute atomic E-state index is 0.261. The Morgan fingerprint density at radius 1 is 1.10 bits per heavy atom. The van der Waals surface area contributed by atoms with Crippen LogP contribution in [0.2, 0.25) is 0 Å². The summed E-state index contributed by atoms with van der Waals surface area (Å²) in [7, 11) is 0. The van der Waals surface area contributed by atoms with Crippen molar-refractivity contribution in [3.05, 3.63) is 29.8 Å². The highest BCUT2D eigenvalue weighted by molar-refractivity contribution is 5.48. The highest BCUT2D eigenvalue weighted by Crippen LogP contribution is 2.22. The van der Waals surface area contributed by atoms with E-state index in [4.69, 9.17) is 5.11 Å². The van der Waals surface area contributed by atoms with E-state index in [1.165, 1.54) is 11.3 Å². The summed E-state index contributed by atoms with van der Waals surface area (Å²) in [5.41, 5.74) is 2.69. The van der Waals surface area contributed by atoms with Crippen LogP contribution >= 0.6 is 0 Å². The number of piperazine rings is 1. The molecule has 2 N–H and O–H groups in total. The smallest absolute Gasteiger partial charge is 0.0558 e. The standard InChI is InChI=1S/C17H29N3O/c1-3-17(18-4-2)15-5-7-16(8-6-15)20-11-9-19(10-12-20)13-14-21/h5-8,17-18,21H,3-4,9-14H2,1-2H3. The fourth-order valence-electron chi connectivity index (χ4n) is 3.03. The first-order valence-corrected chi connectivity index (χ1v) is 8.20. The van der Waals surface area contributed by atoms with Crippen molar-refractivity contribution in [2.24, 2.45) is 0 Å². The molecule has 1 saturated heterocycles. The van der Waals surface area contributed by atoms with Crippen LogP contribution < -0.4 is 10.2 Å². The third kappa shape index (κ3) is 4.43. The predicted octanol–water partition coefficient (Wildman–Crippen LogP) is 1.86. The molecule has 1 fully saturated rings. The monoisotopic (exact) mass is 291 g/mol.